The molecule has 25 heavy (non-hydrogen) atoms. The lowest BCUT2D eigenvalue weighted by Gasteiger charge is -2.30. The van der Waals surface area contributed by atoms with Gasteiger partial charge in [-0.3, -0.25) is 9.59 Å². The zero-order chi connectivity index (χ0) is 17.8. The number of benzene rings is 2. The lowest BCUT2D eigenvalue weighted by atomic mass is 10.0. The van der Waals surface area contributed by atoms with Gasteiger partial charge >= 0.3 is 0 Å². The Hall–Kier alpha value is -2.08. The Balaban J connectivity index is 1.88. The van der Waals surface area contributed by atoms with E-state index in [-0.39, 0.29) is 18.4 Å². The second-order valence-corrected chi connectivity index (χ2v) is 6.80. The van der Waals surface area contributed by atoms with E-state index in [0.717, 1.165) is 10.5 Å². The standard InChI is InChI=1S/C18H17Cl2N3O2/c19-13-8-14(20)10-15(9-13)22-18(25)17(12-4-2-1-3-5-12)23-7-6-21-16(24)11-23/h1-5,8-10,17H,6-7,11H2,(H,21,24)(H,22,25)/p+1/t17-/m0/s1. The van der Waals surface area contributed by atoms with Gasteiger partial charge < -0.3 is 15.5 Å². The molecule has 2 aromatic rings. The van der Waals surface area contributed by atoms with Crippen LogP contribution < -0.4 is 15.5 Å². The molecule has 3 rings (SSSR count). The molecule has 1 aliphatic heterocycles. The van der Waals surface area contributed by atoms with E-state index >= 15 is 0 Å². The number of rotatable bonds is 4. The van der Waals surface area contributed by atoms with E-state index in [0.29, 0.717) is 28.8 Å². The number of carbonyl (C=O) groups is 2. The van der Waals surface area contributed by atoms with E-state index in [4.69, 9.17) is 23.2 Å². The maximum Gasteiger partial charge on any atom is 0.287 e. The van der Waals surface area contributed by atoms with Gasteiger partial charge in [0.2, 0.25) is 0 Å². The number of hydrogen-bond donors (Lipinski definition) is 3. The molecule has 1 heterocycles. The summed E-state index contributed by atoms with van der Waals surface area (Å²) in [5, 5.41) is 6.57. The molecule has 3 N–H and O–H groups in total. The minimum Gasteiger partial charge on any atom is -0.346 e. The molecule has 0 saturated carbocycles. The number of carbonyl (C=O) groups excluding carboxylic acids is 2. The monoisotopic (exact) mass is 378 g/mol. The highest BCUT2D eigenvalue weighted by Crippen LogP contribution is 2.23. The zero-order valence-electron chi connectivity index (χ0n) is 13.4. The first kappa shape index (κ1) is 17.7. The predicted molar refractivity (Wildman–Crippen MR) is 98.0 cm³/mol. The zero-order valence-corrected chi connectivity index (χ0v) is 14.9. The molecule has 0 aliphatic carbocycles. The molecule has 2 aromatic carbocycles. The van der Waals surface area contributed by atoms with Crippen molar-refractivity contribution < 1.29 is 14.5 Å². The average molecular weight is 379 g/mol. The Labute approximate surface area is 155 Å². The van der Waals surface area contributed by atoms with E-state index in [1.54, 1.807) is 18.2 Å². The van der Waals surface area contributed by atoms with Gasteiger partial charge in [-0.2, -0.15) is 0 Å². The Morgan fingerprint density at radius 1 is 1.12 bits per heavy atom. The van der Waals surface area contributed by atoms with E-state index in [9.17, 15) is 9.59 Å². The third-order valence-electron chi connectivity index (χ3n) is 4.09. The summed E-state index contributed by atoms with van der Waals surface area (Å²) in [6, 6.07) is 13.9. The highest BCUT2D eigenvalue weighted by atomic mass is 35.5. The fraction of sp³-hybridized carbons (Fsp3) is 0.222. The molecule has 1 fully saturated rings. The van der Waals surface area contributed by atoms with Crippen molar-refractivity contribution in [2.75, 3.05) is 25.0 Å². The van der Waals surface area contributed by atoms with Crippen LogP contribution in [0, 0.1) is 0 Å². The van der Waals surface area contributed by atoms with Gasteiger partial charge in [0, 0.05) is 21.3 Å². The van der Waals surface area contributed by atoms with Crippen molar-refractivity contribution in [2.45, 2.75) is 6.04 Å². The lowest BCUT2D eigenvalue weighted by molar-refractivity contribution is -0.915. The fourth-order valence-electron chi connectivity index (χ4n) is 3.02. The van der Waals surface area contributed by atoms with Crippen LogP contribution in [-0.2, 0) is 9.59 Å². The van der Waals surface area contributed by atoms with Crippen LogP contribution in [-0.4, -0.2) is 31.4 Å². The van der Waals surface area contributed by atoms with Gasteiger partial charge in [0.05, 0.1) is 13.1 Å². The summed E-state index contributed by atoms with van der Waals surface area (Å²) in [6.45, 7) is 1.48. The molecular formula is C18H18Cl2N3O2+. The topological polar surface area (TPSA) is 62.6 Å². The molecule has 0 bridgehead atoms. The van der Waals surface area contributed by atoms with Crippen LogP contribution in [0.25, 0.3) is 0 Å². The number of quaternary nitrogens is 1. The highest BCUT2D eigenvalue weighted by molar-refractivity contribution is 6.35. The Morgan fingerprint density at radius 3 is 2.44 bits per heavy atom. The largest absolute Gasteiger partial charge is 0.346 e. The number of amides is 2. The summed E-state index contributed by atoms with van der Waals surface area (Å²) >= 11 is 12.0. The van der Waals surface area contributed by atoms with E-state index < -0.39 is 6.04 Å². The molecule has 2 amide bonds. The molecule has 0 radical (unpaired) electrons. The smallest absolute Gasteiger partial charge is 0.287 e. The second-order valence-electron chi connectivity index (χ2n) is 5.93. The first-order valence-electron chi connectivity index (χ1n) is 7.96. The second kappa shape index (κ2) is 7.87. The summed E-state index contributed by atoms with van der Waals surface area (Å²) < 4.78 is 0. The van der Waals surface area contributed by atoms with Gasteiger partial charge in [-0.1, -0.05) is 53.5 Å². The van der Waals surface area contributed by atoms with Crippen LogP contribution in [0.15, 0.2) is 48.5 Å². The van der Waals surface area contributed by atoms with Crippen molar-refractivity contribution in [3.8, 4) is 0 Å². The van der Waals surface area contributed by atoms with Crippen molar-refractivity contribution in [2.24, 2.45) is 0 Å². The normalized spacial score (nSPS) is 18.3. The Morgan fingerprint density at radius 2 is 1.80 bits per heavy atom. The van der Waals surface area contributed by atoms with Crippen molar-refractivity contribution in [3.63, 3.8) is 0 Å². The molecule has 5 nitrogen and oxygen atoms in total. The SMILES string of the molecule is O=C1C[NH+]([C@H](C(=O)Nc2cc(Cl)cc(Cl)c2)c2ccccc2)CCN1. The van der Waals surface area contributed by atoms with Gasteiger partial charge in [0.15, 0.2) is 12.6 Å². The first-order valence-corrected chi connectivity index (χ1v) is 8.72. The summed E-state index contributed by atoms with van der Waals surface area (Å²) in [6.07, 6.45) is 0. The molecule has 1 unspecified atom stereocenters. The van der Waals surface area contributed by atoms with E-state index in [1.807, 2.05) is 30.3 Å². The maximum atomic E-state index is 13.0. The molecule has 0 spiro atoms. The molecule has 2 atom stereocenters. The molecule has 1 aliphatic rings. The highest BCUT2D eigenvalue weighted by Gasteiger charge is 2.34. The fourth-order valence-corrected chi connectivity index (χ4v) is 3.55. The molecule has 0 aromatic heterocycles. The van der Waals surface area contributed by atoms with Crippen LogP contribution in [0.3, 0.4) is 0 Å². The quantitative estimate of drug-likeness (QED) is 0.757. The van der Waals surface area contributed by atoms with Gasteiger partial charge in [-0.05, 0) is 18.2 Å². The number of nitrogens with one attached hydrogen (secondary N) is 3. The third-order valence-corrected chi connectivity index (χ3v) is 4.53. The summed E-state index contributed by atoms with van der Waals surface area (Å²) in [5.41, 5.74) is 1.39. The average Bonchev–Trinajstić information content (AvgIpc) is 2.55. The van der Waals surface area contributed by atoms with Gasteiger partial charge in [-0.25, -0.2) is 0 Å². The third kappa shape index (κ3) is 4.51. The van der Waals surface area contributed by atoms with Crippen LogP contribution in [0.1, 0.15) is 11.6 Å². The van der Waals surface area contributed by atoms with Crippen molar-refractivity contribution in [1.29, 1.82) is 0 Å². The maximum absolute atomic E-state index is 13.0. The molecule has 7 heteroatoms. The van der Waals surface area contributed by atoms with Gasteiger partial charge in [0.1, 0.15) is 0 Å². The lowest BCUT2D eigenvalue weighted by Crippen LogP contribution is -3.16. The van der Waals surface area contributed by atoms with Crippen LogP contribution >= 0.6 is 23.2 Å². The van der Waals surface area contributed by atoms with Crippen LogP contribution in [0.4, 0.5) is 5.69 Å². The van der Waals surface area contributed by atoms with Crippen molar-refractivity contribution in [3.05, 3.63) is 64.1 Å². The van der Waals surface area contributed by atoms with E-state index in [2.05, 4.69) is 10.6 Å². The van der Waals surface area contributed by atoms with Crippen LogP contribution in [0.5, 0.6) is 0 Å². The summed E-state index contributed by atoms with van der Waals surface area (Å²) in [7, 11) is 0. The van der Waals surface area contributed by atoms with Crippen LogP contribution in [0.2, 0.25) is 10.0 Å². The molecule has 1 saturated heterocycles. The number of anilines is 1. The predicted octanol–water partition coefficient (Wildman–Crippen LogP) is 1.69. The van der Waals surface area contributed by atoms with Crippen molar-refractivity contribution in [1.82, 2.24) is 5.32 Å². The molecule has 130 valence electrons. The van der Waals surface area contributed by atoms with E-state index in [1.165, 1.54) is 0 Å². The number of hydrogen-bond acceptors (Lipinski definition) is 2. The first-order chi connectivity index (χ1) is 12.0. The molecular weight excluding hydrogens is 361 g/mol. The summed E-state index contributed by atoms with van der Waals surface area (Å²) in [4.78, 5) is 25.7. The number of piperazine rings is 1. The van der Waals surface area contributed by atoms with Gasteiger partial charge in [0.25, 0.3) is 11.8 Å². The minimum atomic E-state index is -0.495. The Bertz CT molecular complexity index is 763. The van der Waals surface area contributed by atoms with Gasteiger partial charge in [-0.15, -0.1) is 0 Å². The minimum absolute atomic E-state index is 0.0548. The van der Waals surface area contributed by atoms with Crippen molar-refractivity contribution >= 4 is 40.7 Å². The Kier molecular flexibility index (Phi) is 5.58. The summed E-state index contributed by atoms with van der Waals surface area (Å²) in [5.74, 6) is -0.255. The number of halogens is 2.